The average Bonchev–Trinajstić information content (AvgIpc) is 2.30. The van der Waals surface area contributed by atoms with Crippen molar-refractivity contribution in [2.24, 2.45) is 0 Å². The monoisotopic (exact) mass is 341 g/mol. The first kappa shape index (κ1) is 16.2. The number of nitrogens with zero attached hydrogens (tertiary/aromatic N) is 2. The first-order valence-electron chi connectivity index (χ1n) is 5.75. The van der Waals surface area contributed by atoms with Crippen molar-refractivity contribution < 1.29 is 17.9 Å². The summed E-state index contributed by atoms with van der Waals surface area (Å²) < 4.78 is 41.1. The van der Waals surface area contributed by atoms with Crippen molar-refractivity contribution in [3.63, 3.8) is 0 Å². The van der Waals surface area contributed by atoms with Gasteiger partial charge < -0.3 is 10.1 Å². The lowest BCUT2D eigenvalue weighted by molar-refractivity contribution is -0.177. The van der Waals surface area contributed by atoms with Crippen molar-refractivity contribution in [2.45, 2.75) is 33.1 Å². The smallest absolute Gasteiger partial charge is 0.369 e. The van der Waals surface area contributed by atoms with Gasteiger partial charge in [0.15, 0.2) is 5.82 Å². The third kappa shape index (κ3) is 5.73. The largest absolute Gasteiger partial charge is 0.411 e. The highest BCUT2D eigenvalue weighted by Crippen LogP contribution is 2.23. The summed E-state index contributed by atoms with van der Waals surface area (Å²) in [5.41, 5.74) is 0.652. The van der Waals surface area contributed by atoms with Gasteiger partial charge in [0.05, 0.1) is 10.2 Å². The number of alkyl halides is 3. The molecule has 0 saturated carbocycles. The summed E-state index contributed by atoms with van der Waals surface area (Å²) >= 11 is 3.34. The Labute approximate surface area is 117 Å². The highest BCUT2D eigenvalue weighted by molar-refractivity contribution is 9.10. The molecular formula is C11H15BrF3N3O. The zero-order chi connectivity index (χ0) is 14.5. The maximum absolute atomic E-state index is 12.0. The first-order chi connectivity index (χ1) is 8.83. The Morgan fingerprint density at radius 1 is 1.32 bits per heavy atom. The summed E-state index contributed by atoms with van der Waals surface area (Å²) in [4.78, 5) is 8.20. The predicted molar refractivity (Wildman–Crippen MR) is 69.0 cm³/mol. The molecule has 1 heterocycles. The van der Waals surface area contributed by atoms with Crippen LogP contribution in [0.4, 0.5) is 19.0 Å². The predicted octanol–water partition coefficient (Wildman–Crippen LogP) is 3.45. The number of ether oxygens (including phenoxy) is 1. The van der Waals surface area contributed by atoms with Crippen LogP contribution in [0.3, 0.4) is 0 Å². The van der Waals surface area contributed by atoms with E-state index in [0.717, 1.165) is 13.0 Å². The maximum atomic E-state index is 12.0. The minimum absolute atomic E-state index is 0.226. The molecule has 0 unspecified atom stereocenters. The van der Waals surface area contributed by atoms with E-state index in [1.54, 1.807) is 6.92 Å². The maximum Gasteiger partial charge on any atom is 0.411 e. The van der Waals surface area contributed by atoms with Crippen molar-refractivity contribution in [1.82, 2.24) is 9.97 Å². The molecule has 0 bridgehead atoms. The van der Waals surface area contributed by atoms with E-state index in [1.165, 1.54) is 0 Å². The van der Waals surface area contributed by atoms with Crippen LogP contribution in [-0.4, -0.2) is 29.3 Å². The molecule has 4 nitrogen and oxygen atoms in total. The van der Waals surface area contributed by atoms with Gasteiger partial charge in [-0.1, -0.05) is 6.92 Å². The van der Waals surface area contributed by atoms with Gasteiger partial charge in [0.2, 0.25) is 0 Å². The quantitative estimate of drug-likeness (QED) is 0.860. The van der Waals surface area contributed by atoms with Gasteiger partial charge in [-0.05, 0) is 29.3 Å². The molecule has 0 fully saturated rings. The van der Waals surface area contributed by atoms with Crippen LogP contribution >= 0.6 is 15.9 Å². The molecule has 108 valence electrons. The molecule has 0 aliphatic carbocycles. The molecule has 19 heavy (non-hydrogen) atoms. The molecule has 0 aliphatic rings. The molecule has 8 heteroatoms. The van der Waals surface area contributed by atoms with E-state index in [-0.39, 0.29) is 12.4 Å². The number of halogens is 4. The Morgan fingerprint density at radius 3 is 2.58 bits per heavy atom. The summed E-state index contributed by atoms with van der Waals surface area (Å²) in [6.45, 7) is 2.90. The summed E-state index contributed by atoms with van der Waals surface area (Å²) in [5.74, 6) is 0.795. The molecule has 0 radical (unpaired) electrons. The lowest BCUT2D eigenvalue weighted by Crippen LogP contribution is -2.17. The Kier molecular flexibility index (Phi) is 5.99. The summed E-state index contributed by atoms with van der Waals surface area (Å²) in [5, 5.41) is 3.07. The molecule has 0 atom stereocenters. The minimum atomic E-state index is -4.34. The van der Waals surface area contributed by atoms with Crippen molar-refractivity contribution >= 4 is 21.7 Å². The van der Waals surface area contributed by atoms with E-state index in [9.17, 15) is 13.2 Å². The van der Waals surface area contributed by atoms with Crippen molar-refractivity contribution in [3.8, 4) is 0 Å². The molecular weight excluding hydrogens is 327 g/mol. The fraction of sp³-hybridized carbons (Fsp3) is 0.636. The first-order valence-corrected chi connectivity index (χ1v) is 6.54. The highest BCUT2D eigenvalue weighted by Gasteiger charge is 2.27. The zero-order valence-corrected chi connectivity index (χ0v) is 12.2. The Morgan fingerprint density at radius 2 is 2.00 bits per heavy atom. The SMILES string of the molecule is CCCNc1nc(COCC(F)(F)F)nc(C)c1Br. The normalized spacial score (nSPS) is 11.7. The van der Waals surface area contributed by atoms with Crippen molar-refractivity contribution in [3.05, 3.63) is 16.0 Å². The van der Waals surface area contributed by atoms with Crippen LogP contribution in [0.2, 0.25) is 0 Å². The fourth-order valence-corrected chi connectivity index (χ4v) is 1.62. The van der Waals surface area contributed by atoms with Crippen LogP contribution in [-0.2, 0) is 11.3 Å². The molecule has 1 aromatic heterocycles. The number of anilines is 1. The van der Waals surface area contributed by atoms with Crippen LogP contribution in [0.5, 0.6) is 0 Å². The lowest BCUT2D eigenvalue weighted by atomic mass is 10.4. The van der Waals surface area contributed by atoms with Crippen molar-refractivity contribution in [1.29, 1.82) is 0 Å². The van der Waals surface area contributed by atoms with Crippen LogP contribution in [0.25, 0.3) is 0 Å². The van der Waals surface area contributed by atoms with Gasteiger partial charge in [0, 0.05) is 6.54 Å². The second kappa shape index (κ2) is 7.04. The average molecular weight is 342 g/mol. The number of aryl methyl sites for hydroxylation is 1. The lowest BCUT2D eigenvalue weighted by Gasteiger charge is -2.11. The van der Waals surface area contributed by atoms with Gasteiger partial charge in [-0.3, -0.25) is 0 Å². The molecule has 1 aromatic rings. The van der Waals surface area contributed by atoms with E-state index in [4.69, 9.17) is 0 Å². The number of hydrogen-bond acceptors (Lipinski definition) is 4. The zero-order valence-electron chi connectivity index (χ0n) is 10.6. The van der Waals surface area contributed by atoms with Gasteiger partial charge in [0.1, 0.15) is 19.0 Å². The van der Waals surface area contributed by atoms with Gasteiger partial charge in [-0.15, -0.1) is 0 Å². The standard InChI is InChI=1S/C11H15BrF3N3O/c1-3-4-16-10-9(12)7(2)17-8(18-10)5-19-6-11(13,14)15/h3-6H2,1-2H3,(H,16,17,18). The molecule has 0 spiro atoms. The molecule has 0 amide bonds. The van der Waals surface area contributed by atoms with Gasteiger partial charge in [-0.25, -0.2) is 9.97 Å². The molecule has 1 N–H and O–H groups in total. The van der Waals surface area contributed by atoms with Crippen molar-refractivity contribution in [2.75, 3.05) is 18.5 Å². The minimum Gasteiger partial charge on any atom is -0.369 e. The molecule has 0 aromatic carbocycles. The molecule has 1 rings (SSSR count). The molecule has 0 saturated heterocycles. The van der Waals surface area contributed by atoms with E-state index < -0.39 is 12.8 Å². The third-order valence-corrected chi connectivity index (χ3v) is 3.05. The van der Waals surface area contributed by atoms with E-state index in [1.807, 2.05) is 6.92 Å². The third-order valence-electron chi connectivity index (χ3n) is 2.10. The van der Waals surface area contributed by atoms with Gasteiger partial charge in [-0.2, -0.15) is 13.2 Å². The Hall–Kier alpha value is -0.890. The van der Waals surface area contributed by atoms with Crippen LogP contribution < -0.4 is 5.32 Å². The fourth-order valence-electron chi connectivity index (χ4n) is 1.30. The Bertz CT molecular complexity index is 426. The second-order valence-corrected chi connectivity index (χ2v) is 4.72. The van der Waals surface area contributed by atoms with E-state index in [2.05, 4.69) is 36.0 Å². The summed E-state index contributed by atoms with van der Waals surface area (Å²) in [7, 11) is 0. The van der Waals surface area contributed by atoms with E-state index in [0.29, 0.717) is 16.0 Å². The molecule has 0 aliphatic heterocycles. The highest BCUT2D eigenvalue weighted by atomic mass is 79.9. The van der Waals surface area contributed by atoms with Crippen LogP contribution in [0.15, 0.2) is 4.47 Å². The summed E-state index contributed by atoms with van der Waals surface area (Å²) in [6, 6.07) is 0. The number of nitrogens with one attached hydrogen (secondary N) is 1. The van der Waals surface area contributed by atoms with Gasteiger partial charge in [0.25, 0.3) is 0 Å². The van der Waals surface area contributed by atoms with Gasteiger partial charge >= 0.3 is 6.18 Å². The Balaban J connectivity index is 2.71. The van der Waals surface area contributed by atoms with Crippen LogP contribution in [0, 0.1) is 6.92 Å². The topological polar surface area (TPSA) is 47.0 Å². The second-order valence-electron chi connectivity index (χ2n) is 3.92. The number of hydrogen-bond donors (Lipinski definition) is 1. The number of aromatic nitrogens is 2. The van der Waals surface area contributed by atoms with Crippen LogP contribution in [0.1, 0.15) is 24.9 Å². The number of rotatable bonds is 6. The summed E-state index contributed by atoms with van der Waals surface area (Å²) in [6.07, 6.45) is -3.43. The van der Waals surface area contributed by atoms with E-state index >= 15 is 0 Å².